The van der Waals surface area contributed by atoms with Gasteiger partial charge in [-0.15, -0.1) is 0 Å². The molecule has 3 saturated heterocycles. The molecule has 2 aromatic rings. The van der Waals surface area contributed by atoms with Crippen LogP contribution < -0.4 is 0 Å². The minimum atomic E-state index is 0.153. The highest BCUT2D eigenvalue weighted by Gasteiger charge is 2.37. The fourth-order valence-electron chi connectivity index (χ4n) is 4.85. The van der Waals surface area contributed by atoms with Gasteiger partial charge in [-0.1, -0.05) is 6.42 Å². The van der Waals surface area contributed by atoms with E-state index in [0.717, 1.165) is 35.6 Å². The molecular formula is C21H26N4O. The van der Waals surface area contributed by atoms with Crippen molar-refractivity contribution in [3.8, 4) is 0 Å². The van der Waals surface area contributed by atoms with Gasteiger partial charge in [0.05, 0.1) is 11.0 Å². The number of aromatic nitrogens is 2. The minimum Gasteiger partial charge on any atom is -0.337 e. The Morgan fingerprint density at radius 2 is 1.85 bits per heavy atom. The van der Waals surface area contributed by atoms with E-state index in [2.05, 4.69) is 19.8 Å². The lowest BCUT2D eigenvalue weighted by Gasteiger charge is -2.40. The van der Waals surface area contributed by atoms with Crippen LogP contribution in [0.25, 0.3) is 11.0 Å². The molecule has 4 heterocycles. The first-order valence-electron chi connectivity index (χ1n) is 10.0. The molecule has 0 N–H and O–H groups in total. The number of nitrogens with zero attached hydrogens (tertiary/aromatic N) is 4. The molecule has 2 bridgehead atoms. The number of hydrogen-bond acceptors (Lipinski definition) is 4. The Balaban J connectivity index is 1.35. The smallest absolute Gasteiger partial charge is 0.253 e. The third kappa shape index (κ3) is 2.98. The second-order valence-electron chi connectivity index (χ2n) is 8.32. The highest BCUT2D eigenvalue weighted by atomic mass is 16.2. The van der Waals surface area contributed by atoms with Gasteiger partial charge in [-0.25, -0.2) is 0 Å². The lowest BCUT2D eigenvalue weighted by atomic mass is 9.83. The summed E-state index contributed by atoms with van der Waals surface area (Å²) in [6, 6.07) is 6.24. The molecule has 4 fully saturated rings. The first kappa shape index (κ1) is 16.2. The summed E-state index contributed by atoms with van der Waals surface area (Å²) >= 11 is 0. The highest BCUT2D eigenvalue weighted by molar-refractivity contribution is 5.97. The van der Waals surface area contributed by atoms with Crippen LogP contribution in [0.2, 0.25) is 0 Å². The highest BCUT2D eigenvalue weighted by Crippen LogP contribution is 2.33. The van der Waals surface area contributed by atoms with Gasteiger partial charge in [-0.05, 0) is 55.7 Å². The topological polar surface area (TPSA) is 49.3 Å². The zero-order valence-corrected chi connectivity index (χ0v) is 15.2. The monoisotopic (exact) mass is 350 g/mol. The van der Waals surface area contributed by atoms with Crippen molar-refractivity contribution in [3.63, 3.8) is 0 Å². The van der Waals surface area contributed by atoms with E-state index in [1.165, 1.54) is 45.2 Å². The predicted octanol–water partition coefficient (Wildman–Crippen LogP) is 2.97. The van der Waals surface area contributed by atoms with Crippen molar-refractivity contribution in [1.29, 1.82) is 0 Å². The van der Waals surface area contributed by atoms with Crippen LogP contribution in [0.3, 0.4) is 0 Å². The quantitative estimate of drug-likeness (QED) is 0.854. The molecule has 4 aliphatic rings. The first-order chi connectivity index (χ1) is 12.8. The average molecular weight is 350 g/mol. The Labute approximate surface area is 154 Å². The lowest BCUT2D eigenvalue weighted by molar-refractivity contribution is 0.0717. The van der Waals surface area contributed by atoms with Crippen molar-refractivity contribution >= 4 is 16.9 Å². The maximum Gasteiger partial charge on any atom is 0.253 e. The fraction of sp³-hybridized carbons (Fsp3) is 0.571. The van der Waals surface area contributed by atoms with Crippen LogP contribution in [0.1, 0.15) is 42.5 Å². The van der Waals surface area contributed by atoms with Gasteiger partial charge in [0, 0.05) is 50.2 Å². The summed E-state index contributed by atoms with van der Waals surface area (Å²) in [6.45, 7) is 4.19. The van der Waals surface area contributed by atoms with Gasteiger partial charge in [-0.2, -0.15) is 0 Å². The molecule has 1 aromatic carbocycles. The van der Waals surface area contributed by atoms with E-state index in [4.69, 9.17) is 0 Å². The first-order valence-corrected chi connectivity index (χ1v) is 10.0. The molecule has 0 spiro atoms. The maximum atomic E-state index is 13.2. The van der Waals surface area contributed by atoms with Gasteiger partial charge in [0.1, 0.15) is 0 Å². The lowest BCUT2D eigenvalue weighted by Crippen LogP contribution is -2.47. The van der Waals surface area contributed by atoms with Gasteiger partial charge < -0.3 is 4.90 Å². The van der Waals surface area contributed by atoms with Crippen LogP contribution in [0.4, 0.5) is 0 Å². The molecule has 5 nitrogen and oxygen atoms in total. The van der Waals surface area contributed by atoms with Crippen molar-refractivity contribution in [2.45, 2.75) is 38.1 Å². The van der Waals surface area contributed by atoms with E-state index in [1.54, 1.807) is 12.4 Å². The Hall–Kier alpha value is -2.01. The molecule has 2 atom stereocenters. The van der Waals surface area contributed by atoms with Gasteiger partial charge >= 0.3 is 0 Å². The van der Waals surface area contributed by atoms with Crippen molar-refractivity contribution in [1.82, 2.24) is 19.8 Å². The predicted molar refractivity (Wildman–Crippen MR) is 101 cm³/mol. The molecule has 1 amide bonds. The van der Waals surface area contributed by atoms with Crippen LogP contribution in [0.5, 0.6) is 0 Å². The zero-order valence-electron chi connectivity index (χ0n) is 15.2. The summed E-state index contributed by atoms with van der Waals surface area (Å²) in [5, 5.41) is 0. The minimum absolute atomic E-state index is 0.153. The molecule has 0 unspecified atom stereocenters. The van der Waals surface area contributed by atoms with Crippen molar-refractivity contribution in [2.75, 3.05) is 26.2 Å². The maximum absolute atomic E-state index is 13.2. The molecular weight excluding hydrogens is 324 g/mol. The fourth-order valence-corrected chi connectivity index (χ4v) is 4.85. The number of carbonyl (C=O) groups is 1. The van der Waals surface area contributed by atoms with E-state index in [0.29, 0.717) is 12.0 Å². The SMILES string of the molecule is O=C(c1ccc2nccnc2c1)N1C[C@H]2CC[C@@H](C1)N(CC1CCC1)C2. The standard InChI is InChI=1S/C21H26N4O/c26-21(17-5-7-19-20(10-17)23-9-8-22-19)25-13-16-4-6-18(14-25)24(12-16)11-15-2-1-3-15/h5,7-10,15-16,18H,1-4,6,11-14H2/t16-,18-/m0/s1. The third-order valence-corrected chi connectivity index (χ3v) is 6.55. The Morgan fingerprint density at radius 3 is 2.65 bits per heavy atom. The van der Waals surface area contributed by atoms with E-state index < -0.39 is 0 Å². The molecule has 3 aliphatic heterocycles. The molecule has 0 radical (unpaired) electrons. The van der Waals surface area contributed by atoms with Crippen LogP contribution in [0, 0.1) is 11.8 Å². The van der Waals surface area contributed by atoms with Crippen molar-refractivity contribution < 1.29 is 4.79 Å². The van der Waals surface area contributed by atoms with E-state index >= 15 is 0 Å². The van der Waals surface area contributed by atoms with E-state index in [1.807, 2.05) is 18.2 Å². The van der Waals surface area contributed by atoms with Crippen LogP contribution >= 0.6 is 0 Å². The molecule has 5 heteroatoms. The summed E-state index contributed by atoms with van der Waals surface area (Å²) in [7, 11) is 0. The molecule has 6 rings (SSSR count). The molecule has 1 aliphatic carbocycles. The third-order valence-electron chi connectivity index (χ3n) is 6.55. The zero-order chi connectivity index (χ0) is 17.5. The summed E-state index contributed by atoms with van der Waals surface area (Å²) < 4.78 is 0. The second kappa shape index (κ2) is 6.62. The average Bonchev–Trinajstić information content (AvgIpc) is 2.95. The van der Waals surface area contributed by atoms with E-state index in [9.17, 15) is 4.79 Å². The van der Waals surface area contributed by atoms with E-state index in [-0.39, 0.29) is 5.91 Å². The number of hydrogen-bond donors (Lipinski definition) is 0. The molecule has 1 saturated carbocycles. The Bertz CT molecular complexity index is 819. The molecule has 26 heavy (non-hydrogen) atoms. The van der Waals surface area contributed by atoms with Gasteiger partial charge in [0.25, 0.3) is 5.91 Å². The summed E-state index contributed by atoms with van der Waals surface area (Å²) in [4.78, 5) is 26.6. The largest absolute Gasteiger partial charge is 0.337 e. The van der Waals surface area contributed by atoms with Crippen LogP contribution in [0.15, 0.2) is 30.6 Å². The normalized spacial score (nSPS) is 26.7. The van der Waals surface area contributed by atoms with Crippen LogP contribution in [-0.4, -0.2) is 57.9 Å². The summed E-state index contributed by atoms with van der Waals surface area (Å²) in [5.41, 5.74) is 2.37. The van der Waals surface area contributed by atoms with Crippen molar-refractivity contribution in [3.05, 3.63) is 36.2 Å². The second-order valence-corrected chi connectivity index (χ2v) is 8.32. The van der Waals surface area contributed by atoms with Crippen molar-refractivity contribution in [2.24, 2.45) is 11.8 Å². The Morgan fingerprint density at radius 1 is 1.00 bits per heavy atom. The number of rotatable bonds is 3. The van der Waals surface area contributed by atoms with Gasteiger partial charge in [-0.3, -0.25) is 19.7 Å². The number of benzene rings is 1. The van der Waals surface area contributed by atoms with Gasteiger partial charge in [0.2, 0.25) is 0 Å². The summed E-state index contributed by atoms with van der Waals surface area (Å²) in [5.74, 6) is 1.68. The molecule has 1 aromatic heterocycles. The summed E-state index contributed by atoms with van der Waals surface area (Å²) in [6.07, 6.45) is 10.1. The van der Waals surface area contributed by atoms with Crippen LogP contribution in [-0.2, 0) is 0 Å². The number of fused-ring (bicyclic) bond motifs is 5. The number of carbonyl (C=O) groups excluding carboxylic acids is 1. The number of amides is 1. The van der Waals surface area contributed by atoms with Gasteiger partial charge in [0.15, 0.2) is 0 Å². The number of piperidine rings is 1. The Kier molecular flexibility index (Phi) is 4.12. The molecule has 136 valence electrons.